The Bertz CT molecular complexity index is 865. The van der Waals surface area contributed by atoms with Crippen LogP contribution in [0.15, 0.2) is 24.3 Å². The minimum Gasteiger partial charge on any atom is -0.497 e. The topological polar surface area (TPSA) is 64.8 Å². The highest BCUT2D eigenvalue weighted by molar-refractivity contribution is 7.17. The number of hydrogen-bond acceptors (Lipinski definition) is 7. The average molecular weight is 357 g/mol. The minimum atomic E-state index is 0.746. The second-order valence-electron chi connectivity index (χ2n) is 5.75. The summed E-state index contributed by atoms with van der Waals surface area (Å²) >= 11 is 1.53. The third-order valence-corrected chi connectivity index (χ3v) is 4.94. The van der Waals surface area contributed by atoms with Crippen molar-refractivity contribution in [2.75, 3.05) is 33.4 Å². The molecule has 7 nitrogen and oxygen atoms in total. The third-order valence-electron chi connectivity index (χ3n) is 4.07. The van der Waals surface area contributed by atoms with Gasteiger partial charge < -0.3 is 9.47 Å². The van der Waals surface area contributed by atoms with E-state index in [4.69, 9.17) is 9.47 Å². The van der Waals surface area contributed by atoms with Crippen LogP contribution in [-0.4, -0.2) is 58.1 Å². The fraction of sp³-hybridized carbons (Fsp3) is 0.353. The van der Waals surface area contributed by atoms with E-state index in [2.05, 4.69) is 20.2 Å². The maximum absolute atomic E-state index is 5.38. The van der Waals surface area contributed by atoms with E-state index in [0.29, 0.717) is 0 Å². The molecule has 4 rings (SSSR count). The molecule has 8 heteroatoms. The van der Waals surface area contributed by atoms with E-state index in [1.807, 2.05) is 40.9 Å². The Balaban J connectivity index is 1.49. The molecule has 1 fully saturated rings. The zero-order valence-corrected chi connectivity index (χ0v) is 14.8. The van der Waals surface area contributed by atoms with Crippen molar-refractivity contribution in [1.29, 1.82) is 0 Å². The van der Waals surface area contributed by atoms with E-state index in [0.717, 1.165) is 60.0 Å². The lowest BCUT2D eigenvalue weighted by Crippen LogP contribution is -2.36. The van der Waals surface area contributed by atoms with Gasteiger partial charge in [0.2, 0.25) is 4.96 Å². The van der Waals surface area contributed by atoms with Gasteiger partial charge in [0.25, 0.3) is 0 Å². The minimum absolute atomic E-state index is 0.746. The lowest BCUT2D eigenvalue weighted by atomic mass is 10.2. The molecule has 0 atom stereocenters. The van der Waals surface area contributed by atoms with Crippen LogP contribution in [0.25, 0.3) is 17.1 Å². The zero-order chi connectivity index (χ0) is 17.1. The van der Waals surface area contributed by atoms with E-state index < -0.39 is 0 Å². The van der Waals surface area contributed by atoms with Gasteiger partial charge in [-0.25, -0.2) is 0 Å². The molecule has 1 saturated heterocycles. The summed E-state index contributed by atoms with van der Waals surface area (Å²) in [5.41, 5.74) is 1.10. The summed E-state index contributed by atoms with van der Waals surface area (Å²) in [6.45, 7) is 4.13. The Morgan fingerprint density at radius 3 is 2.72 bits per heavy atom. The monoisotopic (exact) mass is 357 g/mol. The van der Waals surface area contributed by atoms with Crippen LogP contribution in [0.1, 0.15) is 16.4 Å². The molecule has 25 heavy (non-hydrogen) atoms. The quantitative estimate of drug-likeness (QED) is 0.697. The number of nitrogens with zero attached hydrogens (tertiary/aromatic N) is 5. The van der Waals surface area contributed by atoms with Gasteiger partial charge in [0, 0.05) is 13.1 Å². The van der Waals surface area contributed by atoms with Gasteiger partial charge in [-0.05, 0) is 23.8 Å². The average Bonchev–Trinajstić information content (AvgIpc) is 3.23. The van der Waals surface area contributed by atoms with Crippen molar-refractivity contribution in [3.05, 3.63) is 40.7 Å². The molecule has 0 unspecified atom stereocenters. The number of fused-ring (bicyclic) bond motifs is 1. The van der Waals surface area contributed by atoms with Crippen LogP contribution in [-0.2, 0) is 11.3 Å². The van der Waals surface area contributed by atoms with Crippen molar-refractivity contribution in [2.24, 2.45) is 0 Å². The van der Waals surface area contributed by atoms with E-state index in [1.165, 1.54) is 11.3 Å². The van der Waals surface area contributed by atoms with Gasteiger partial charge in [0.05, 0.1) is 26.9 Å². The van der Waals surface area contributed by atoms with Crippen molar-refractivity contribution >= 4 is 28.4 Å². The van der Waals surface area contributed by atoms with Crippen molar-refractivity contribution in [2.45, 2.75) is 6.54 Å². The molecule has 0 saturated carbocycles. The fourth-order valence-electron chi connectivity index (χ4n) is 2.68. The first kappa shape index (κ1) is 16.2. The molecule has 2 aromatic heterocycles. The summed E-state index contributed by atoms with van der Waals surface area (Å²) in [5.74, 6) is 1.72. The molecule has 130 valence electrons. The van der Waals surface area contributed by atoms with Crippen LogP contribution >= 0.6 is 11.3 Å². The Kier molecular flexibility index (Phi) is 4.73. The van der Waals surface area contributed by atoms with Gasteiger partial charge in [-0.2, -0.15) is 9.61 Å². The van der Waals surface area contributed by atoms with Crippen LogP contribution in [0.5, 0.6) is 5.75 Å². The first-order chi connectivity index (χ1) is 12.3. The van der Waals surface area contributed by atoms with Crippen molar-refractivity contribution in [3.63, 3.8) is 0 Å². The van der Waals surface area contributed by atoms with E-state index in [-0.39, 0.29) is 0 Å². The summed E-state index contributed by atoms with van der Waals surface area (Å²) in [6, 6.07) is 7.91. The SMILES string of the molecule is COc1ccc(C=Cc2nn3c(CN4CCOCC4)nnc3s2)cc1. The zero-order valence-electron chi connectivity index (χ0n) is 14.0. The number of ether oxygens (including phenoxy) is 2. The maximum atomic E-state index is 5.38. The molecule has 1 aliphatic heterocycles. The standard InChI is InChI=1S/C17H19N5O2S/c1-23-14-5-2-13(3-6-14)4-7-16-20-22-15(18-19-17(22)25-16)12-21-8-10-24-11-9-21/h2-7H,8-12H2,1H3. The highest BCUT2D eigenvalue weighted by Gasteiger charge is 2.16. The number of aromatic nitrogens is 4. The second-order valence-corrected chi connectivity index (χ2v) is 6.73. The number of hydrogen-bond donors (Lipinski definition) is 0. The van der Waals surface area contributed by atoms with Crippen molar-refractivity contribution in [3.8, 4) is 5.75 Å². The van der Waals surface area contributed by atoms with Crippen molar-refractivity contribution < 1.29 is 9.47 Å². The van der Waals surface area contributed by atoms with E-state index in [1.54, 1.807) is 7.11 Å². The van der Waals surface area contributed by atoms with Gasteiger partial charge >= 0.3 is 0 Å². The predicted octanol–water partition coefficient (Wildman–Crippen LogP) is 2.20. The molecule has 0 amide bonds. The summed E-state index contributed by atoms with van der Waals surface area (Å²) in [4.78, 5) is 3.13. The van der Waals surface area contributed by atoms with Gasteiger partial charge in [-0.15, -0.1) is 10.2 Å². The van der Waals surface area contributed by atoms with Gasteiger partial charge in [-0.3, -0.25) is 4.90 Å². The van der Waals surface area contributed by atoms with Crippen LogP contribution < -0.4 is 4.74 Å². The Morgan fingerprint density at radius 1 is 1.16 bits per heavy atom. The lowest BCUT2D eigenvalue weighted by molar-refractivity contribution is 0.0328. The second kappa shape index (κ2) is 7.30. The molecule has 0 spiro atoms. The summed E-state index contributed by atoms with van der Waals surface area (Å²) < 4.78 is 12.4. The first-order valence-corrected chi connectivity index (χ1v) is 8.97. The normalized spacial score (nSPS) is 16.0. The Morgan fingerprint density at radius 2 is 1.96 bits per heavy atom. The highest BCUT2D eigenvalue weighted by Crippen LogP contribution is 2.19. The predicted molar refractivity (Wildman–Crippen MR) is 96.7 cm³/mol. The molecule has 3 aromatic rings. The molecule has 0 N–H and O–H groups in total. The van der Waals surface area contributed by atoms with E-state index >= 15 is 0 Å². The number of morpholine rings is 1. The fourth-order valence-corrected chi connectivity index (χ4v) is 3.44. The summed E-state index contributed by atoms with van der Waals surface area (Å²) in [7, 11) is 1.67. The largest absolute Gasteiger partial charge is 0.497 e. The number of benzene rings is 1. The molecular weight excluding hydrogens is 338 g/mol. The number of rotatable bonds is 5. The van der Waals surface area contributed by atoms with Crippen LogP contribution in [0.3, 0.4) is 0 Å². The maximum Gasteiger partial charge on any atom is 0.235 e. The lowest BCUT2D eigenvalue weighted by Gasteiger charge is -2.25. The smallest absolute Gasteiger partial charge is 0.235 e. The van der Waals surface area contributed by atoms with Gasteiger partial charge in [-0.1, -0.05) is 29.5 Å². The number of methoxy groups -OCH3 is 1. The molecule has 0 aliphatic carbocycles. The molecule has 1 aromatic carbocycles. The Labute approximate surface area is 149 Å². The third kappa shape index (κ3) is 3.71. The summed E-state index contributed by atoms with van der Waals surface area (Å²) in [5, 5.41) is 14.0. The molecule has 0 bridgehead atoms. The Hall–Kier alpha value is -2.29. The molecule has 3 heterocycles. The van der Waals surface area contributed by atoms with Gasteiger partial charge in [0.15, 0.2) is 5.82 Å². The van der Waals surface area contributed by atoms with Crippen LogP contribution in [0.4, 0.5) is 0 Å². The molecule has 0 radical (unpaired) electrons. The van der Waals surface area contributed by atoms with Crippen LogP contribution in [0.2, 0.25) is 0 Å². The highest BCUT2D eigenvalue weighted by atomic mass is 32.1. The van der Waals surface area contributed by atoms with Crippen LogP contribution in [0, 0.1) is 0 Å². The summed E-state index contributed by atoms with van der Waals surface area (Å²) in [6.07, 6.45) is 4.03. The molecular formula is C17H19N5O2S. The van der Waals surface area contributed by atoms with Gasteiger partial charge in [0.1, 0.15) is 10.8 Å². The first-order valence-electron chi connectivity index (χ1n) is 8.15. The van der Waals surface area contributed by atoms with Crippen molar-refractivity contribution in [1.82, 2.24) is 24.7 Å². The molecule has 1 aliphatic rings. The van der Waals surface area contributed by atoms with E-state index in [9.17, 15) is 0 Å².